The summed E-state index contributed by atoms with van der Waals surface area (Å²) in [5.74, 6) is -0.853. The molecular weight excluding hydrogens is 296 g/mol. The molecule has 2 N–H and O–H groups in total. The smallest absolute Gasteiger partial charge is 0.329 e. The third-order valence-electron chi connectivity index (χ3n) is 3.44. The molecular formula is C13H17ClF4N2. The zero-order chi connectivity index (χ0) is 14.0. The van der Waals surface area contributed by atoms with Crippen LogP contribution in [0.15, 0.2) is 18.2 Å². The van der Waals surface area contributed by atoms with Crippen molar-refractivity contribution in [3.05, 3.63) is 35.1 Å². The van der Waals surface area contributed by atoms with Crippen molar-refractivity contribution >= 4 is 12.4 Å². The summed E-state index contributed by atoms with van der Waals surface area (Å²) in [6.45, 7) is 1.57. The summed E-state index contributed by atoms with van der Waals surface area (Å²) in [4.78, 5) is 2.01. The maximum absolute atomic E-state index is 13.3. The predicted octanol–water partition coefficient (Wildman–Crippen LogP) is 3.19. The van der Waals surface area contributed by atoms with Crippen LogP contribution in [0.2, 0.25) is 0 Å². The topological polar surface area (TPSA) is 29.3 Å². The van der Waals surface area contributed by atoms with Gasteiger partial charge in [-0.2, -0.15) is 13.2 Å². The van der Waals surface area contributed by atoms with Crippen molar-refractivity contribution in [1.82, 2.24) is 4.90 Å². The predicted molar refractivity (Wildman–Crippen MR) is 71.1 cm³/mol. The van der Waals surface area contributed by atoms with Crippen molar-refractivity contribution < 1.29 is 17.6 Å². The van der Waals surface area contributed by atoms with Gasteiger partial charge in [0.25, 0.3) is 0 Å². The second kappa shape index (κ2) is 6.74. The molecule has 1 aromatic rings. The first kappa shape index (κ1) is 17.2. The second-order valence-corrected chi connectivity index (χ2v) is 4.85. The van der Waals surface area contributed by atoms with E-state index in [1.54, 1.807) is 0 Å². The maximum Gasteiger partial charge on any atom is 0.416 e. The van der Waals surface area contributed by atoms with Gasteiger partial charge in [-0.25, -0.2) is 4.39 Å². The van der Waals surface area contributed by atoms with Gasteiger partial charge < -0.3 is 5.73 Å². The normalized spacial score (nSPS) is 19.9. The molecule has 114 valence electrons. The summed E-state index contributed by atoms with van der Waals surface area (Å²) >= 11 is 0. The maximum atomic E-state index is 13.3. The Morgan fingerprint density at radius 1 is 1.25 bits per heavy atom. The first-order valence-corrected chi connectivity index (χ1v) is 6.21. The van der Waals surface area contributed by atoms with Gasteiger partial charge in [-0.05, 0) is 43.1 Å². The Morgan fingerprint density at radius 2 is 1.95 bits per heavy atom. The highest BCUT2D eigenvalue weighted by molar-refractivity contribution is 5.85. The molecule has 20 heavy (non-hydrogen) atoms. The van der Waals surface area contributed by atoms with Gasteiger partial charge >= 0.3 is 6.18 Å². The van der Waals surface area contributed by atoms with E-state index in [0.717, 1.165) is 31.5 Å². The molecule has 1 aliphatic rings. The van der Waals surface area contributed by atoms with E-state index in [9.17, 15) is 17.6 Å². The minimum atomic E-state index is -4.52. The van der Waals surface area contributed by atoms with Crippen molar-refractivity contribution in [3.8, 4) is 0 Å². The average Bonchev–Trinajstić information content (AvgIpc) is 2.74. The van der Waals surface area contributed by atoms with Crippen LogP contribution in [-0.4, -0.2) is 24.0 Å². The molecule has 1 atom stereocenters. The minimum absolute atomic E-state index is 0. The molecule has 1 heterocycles. The van der Waals surface area contributed by atoms with Crippen molar-refractivity contribution in [2.24, 2.45) is 5.73 Å². The Labute approximate surface area is 121 Å². The molecule has 1 aliphatic heterocycles. The highest BCUT2D eigenvalue weighted by atomic mass is 35.5. The quantitative estimate of drug-likeness (QED) is 0.869. The molecule has 1 fully saturated rings. The van der Waals surface area contributed by atoms with Crippen molar-refractivity contribution in [1.29, 1.82) is 0 Å². The molecule has 1 unspecified atom stereocenters. The minimum Gasteiger partial charge on any atom is -0.329 e. The monoisotopic (exact) mass is 312 g/mol. The molecule has 0 aromatic heterocycles. The number of alkyl halides is 3. The Balaban J connectivity index is 0.00000200. The van der Waals surface area contributed by atoms with Gasteiger partial charge in [0, 0.05) is 19.1 Å². The summed E-state index contributed by atoms with van der Waals surface area (Å²) in [5.41, 5.74) is 5.01. The molecule has 7 heteroatoms. The van der Waals surface area contributed by atoms with Crippen LogP contribution in [0.3, 0.4) is 0 Å². The fourth-order valence-electron chi connectivity index (χ4n) is 2.51. The number of likely N-dealkylation sites (tertiary alicyclic amines) is 1. The van der Waals surface area contributed by atoms with Crippen LogP contribution < -0.4 is 5.73 Å². The number of halogens is 5. The number of nitrogens with two attached hydrogens (primary N) is 1. The SMILES string of the molecule is Cl.NCC1CCCN1Cc1cc(F)cc(C(F)(F)F)c1. The summed E-state index contributed by atoms with van der Waals surface area (Å²) < 4.78 is 51.1. The highest BCUT2D eigenvalue weighted by Crippen LogP contribution is 2.31. The standard InChI is InChI=1S/C13H16F4N2.ClH/c14-11-5-9(4-10(6-11)13(15,16)17)8-19-3-1-2-12(19)7-18;/h4-6,12H,1-3,7-8,18H2;1H. The third-order valence-corrected chi connectivity index (χ3v) is 3.44. The largest absolute Gasteiger partial charge is 0.416 e. The molecule has 0 radical (unpaired) electrons. The van der Waals surface area contributed by atoms with Crippen LogP contribution in [0.5, 0.6) is 0 Å². The number of rotatable bonds is 3. The number of hydrogen-bond acceptors (Lipinski definition) is 2. The molecule has 1 aromatic carbocycles. The van der Waals surface area contributed by atoms with Crippen LogP contribution in [0, 0.1) is 5.82 Å². The van der Waals surface area contributed by atoms with Gasteiger partial charge in [-0.3, -0.25) is 4.90 Å². The van der Waals surface area contributed by atoms with Gasteiger partial charge in [0.1, 0.15) is 5.82 Å². The molecule has 0 spiro atoms. The molecule has 0 saturated carbocycles. The van der Waals surface area contributed by atoms with Crippen LogP contribution in [-0.2, 0) is 12.7 Å². The Kier molecular flexibility index (Phi) is 5.79. The van der Waals surface area contributed by atoms with E-state index < -0.39 is 17.6 Å². The molecule has 0 bridgehead atoms. The van der Waals surface area contributed by atoms with Gasteiger partial charge in [0.15, 0.2) is 0 Å². The zero-order valence-corrected chi connectivity index (χ0v) is 11.6. The zero-order valence-electron chi connectivity index (χ0n) is 10.8. The molecule has 2 rings (SSSR count). The van der Waals surface area contributed by atoms with Crippen LogP contribution >= 0.6 is 12.4 Å². The summed E-state index contributed by atoms with van der Waals surface area (Å²) in [7, 11) is 0. The lowest BCUT2D eigenvalue weighted by atomic mass is 10.1. The fourth-order valence-corrected chi connectivity index (χ4v) is 2.51. The van der Waals surface area contributed by atoms with Crippen LogP contribution in [0.4, 0.5) is 17.6 Å². The van der Waals surface area contributed by atoms with Crippen molar-refractivity contribution in [2.45, 2.75) is 31.6 Å². The lowest BCUT2D eigenvalue weighted by molar-refractivity contribution is -0.137. The van der Waals surface area contributed by atoms with Crippen LogP contribution in [0.25, 0.3) is 0 Å². The first-order valence-electron chi connectivity index (χ1n) is 6.21. The van der Waals surface area contributed by atoms with Crippen LogP contribution in [0.1, 0.15) is 24.0 Å². The summed E-state index contributed by atoms with van der Waals surface area (Å²) in [5, 5.41) is 0. The van der Waals surface area contributed by atoms with Gasteiger partial charge in [-0.15, -0.1) is 12.4 Å². The van der Waals surface area contributed by atoms with E-state index in [0.29, 0.717) is 24.7 Å². The van der Waals surface area contributed by atoms with Gasteiger partial charge in [-0.1, -0.05) is 0 Å². The fraction of sp³-hybridized carbons (Fsp3) is 0.538. The van der Waals surface area contributed by atoms with E-state index in [1.165, 1.54) is 0 Å². The van der Waals surface area contributed by atoms with Gasteiger partial charge in [0.2, 0.25) is 0 Å². The Bertz CT molecular complexity index is 450. The average molecular weight is 313 g/mol. The second-order valence-electron chi connectivity index (χ2n) is 4.85. The van der Waals surface area contributed by atoms with Crippen molar-refractivity contribution in [3.63, 3.8) is 0 Å². The summed E-state index contributed by atoms with van der Waals surface area (Å²) in [6.07, 6.45) is -2.60. The van der Waals surface area contributed by atoms with Gasteiger partial charge in [0.05, 0.1) is 5.56 Å². The molecule has 1 saturated heterocycles. The number of nitrogens with zero attached hydrogens (tertiary/aromatic N) is 1. The number of hydrogen-bond donors (Lipinski definition) is 1. The number of benzene rings is 1. The van der Waals surface area contributed by atoms with E-state index in [2.05, 4.69) is 0 Å². The van der Waals surface area contributed by atoms with Crippen molar-refractivity contribution in [2.75, 3.05) is 13.1 Å². The molecule has 2 nitrogen and oxygen atoms in total. The highest BCUT2D eigenvalue weighted by Gasteiger charge is 2.32. The van der Waals surface area contributed by atoms with E-state index >= 15 is 0 Å². The van der Waals surface area contributed by atoms with E-state index in [1.807, 2.05) is 4.90 Å². The lowest BCUT2D eigenvalue weighted by Crippen LogP contribution is -2.34. The third kappa shape index (κ3) is 4.07. The summed E-state index contributed by atoms with van der Waals surface area (Å²) in [6, 6.07) is 2.86. The lowest BCUT2D eigenvalue weighted by Gasteiger charge is -2.23. The Hall–Kier alpha value is -0.850. The molecule has 0 amide bonds. The van der Waals surface area contributed by atoms with E-state index in [4.69, 9.17) is 5.73 Å². The Morgan fingerprint density at radius 3 is 2.55 bits per heavy atom. The van der Waals surface area contributed by atoms with E-state index in [-0.39, 0.29) is 18.4 Å². The first-order chi connectivity index (χ1) is 8.90. The molecule has 0 aliphatic carbocycles.